The highest BCUT2D eigenvalue weighted by molar-refractivity contribution is 5.35. The Morgan fingerprint density at radius 1 is 1.11 bits per heavy atom. The van der Waals surface area contributed by atoms with Crippen molar-refractivity contribution in [3.63, 3.8) is 0 Å². The smallest absolute Gasteiger partial charge is 0.166 e. The number of benzene rings is 2. The molecule has 0 aliphatic rings. The van der Waals surface area contributed by atoms with Crippen molar-refractivity contribution in [3.8, 4) is 11.5 Å². The van der Waals surface area contributed by atoms with Gasteiger partial charge in [-0.05, 0) is 36.8 Å². The van der Waals surface area contributed by atoms with E-state index < -0.39 is 11.6 Å². The molecule has 18 heavy (non-hydrogen) atoms. The second-order valence-corrected chi connectivity index (χ2v) is 4.04. The monoisotopic (exact) mass is 249 g/mol. The summed E-state index contributed by atoms with van der Waals surface area (Å²) in [7, 11) is 0. The van der Waals surface area contributed by atoms with Gasteiger partial charge in [-0.2, -0.15) is 0 Å². The molecule has 0 fully saturated rings. The summed E-state index contributed by atoms with van der Waals surface area (Å²) in [5.41, 5.74) is 6.33. The molecular weight excluding hydrogens is 236 g/mol. The number of nitrogens with two attached hydrogens (primary N) is 1. The molecule has 2 rings (SSSR count). The van der Waals surface area contributed by atoms with E-state index >= 15 is 0 Å². The van der Waals surface area contributed by atoms with E-state index in [1.54, 1.807) is 19.1 Å². The van der Waals surface area contributed by atoms with Gasteiger partial charge in [0, 0.05) is 12.1 Å². The first-order valence-electron chi connectivity index (χ1n) is 5.54. The average molecular weight is 249 g/mol. The van der Waals surface area contributed by atoms with Crippen LogP contribution in [-0.2, 0) is 0 Å². The molecule has 0 spiro atoms. The lowest BCUT2D eigenvalue weighted by Gasteiger charge is -2.10. The minimum Gasteiger partial charge on any atom is -0.454 e. The van der Waals surface area contributed by atoms with Crippen LogP contribution in [0.3, 0.4) is 0 Å². The number of hydrogen-bond donors (Lipinski definition) is 1. The summed E-state index contributed by atoms with van der Waals surface area (Å²) in [5.74, 6) is -0.651. The van der Waals surface area contributed by atoms with Crippen LogP contribution in [0, 0.1) is 11.6 Å². The molecule has 0 aromatic heterocycles. The van der Waals surface area contributed by atoms with Gasteiger partial charge >= 0.3 is 0 Å². The Balaban J connectivity index is 2.24. The molecule has 0 aliphatic carbocycles. The van der Waals surface area contributed by atoms with Gasteiger partial charge < -0.3 is 10.5 Å². The Morgan fingerprint density at radius 3 is 2.50 bits per heavy atom. The zero-order chi connectivity index (χ0) is 13.1. The van der Waals surface area contributed by atoms with Crippen molar-refractivity contribution < 1.29 is 13.5 Å². The van der Waals surface area contributed by atoms with Gasteiger partial charge in [-0.15, -0.1) is 0 Å². The van der Waals surface area contributed by atoms with Gasteiger partial charge in [-0.3, -0.25) is 0 Å². The van der Waals surface area contributed by atoms with E-state index in [0.29, 0.717) is 5.56 Å². The van der Waals surface area contributed by atoms with Crippen molar-refractivity contribution in [2.45, 2.75) is 13.0 Å². The minimum absolute atomic E-state index is 0.0463. The molecule has 0 heterocycles. The fraction of sp³-hybridized carbons (Fsp3) is 0.143. The number of hydrogen-bond acceptors (Lipinski definition) is 2. The van der Waals surface area contributed by atoms with Crippen molar-refractivity contribution in [2.75, 3.05) is 0 Å². The van der Waals surface area contributed by atoms with E-state index in [0.717, 1.165) is 0 Å². The Hall–Kier alpha value is -1.94. The molecule has 0 saturated heterocycles. The number of rotatable bonds is 3. The Labute approximate surface area is 104 Å². The fourth-order valence-electron chi connectivity index (χ4n) is 1.54. The van der Waals surface area contributed by atoms with Crippen LogP contribution in [-0.4, -0.2) is 0 Å². The SMILES string of the molecule is C[C@H](N)c1ccc(Oc2cccc(F)c2)c(F)c1. The minimum atomic E-state index is -0.519. The summed E-state index contributed by atoms with van der Waals surface area (Å²) in [5, 5.41) is 0. The predicted octanol–water partition coefficient (Wildman–Crippen LogP) is 3.78. The molecule has 0 amide bonds. The van der Waals surface area contributed by atoms with E-state index in [9.17, 15) is 8.78 Å². The van der Waals surface area contributed by atoms with Crippen molar-refractivity contribution in [1.29, 1.82) is 0 Å². The normalized spacial score (nSPS) is 12.2. The molecule has 0 aliphatic heterocycles. The van der Waals surface area contributed by atoms with Crippen LogP contribution in [0.15, 0.2) is 42.5 Å². The van der Waals surface area contributed by atoms with Crippen LogP contribution in [0.1, 0.15) is 18.5 Å². The highest BCUT2D eigenvalue weighted by Crippen LogP contribution is 2.26. The Morgan fingerprint density at radius 2 is 1.89 bits per heavy atom. The Kier molecular flexibility index (Phi) is 3.58. The molecule has 0 saturated carbocycles. The van der Waals surface area contributed by atoms with Crippen LogP contribution in [0.25, 0.3) is 0 Å². The highest BCUT2D eigenvalue weighted by atomic mass is 19.1. The van der Waals surface area contributed by atoms with Crippen molar-refractivity contribution >= 4 is 0 Å². The van der Waals surface area contributed by atoms with E-state index in [-0.39, 0.29) is 17.5 Å². The lowest BCUT2D eigenvalue weighted by atomic mass is 10.1. The zero-order valence-electron chi connectivity index (χ0n) is 9.86. The molecular formula is C14H13F2NO. The zero-order valence-corrected chi connectivity index (χ0v) is 9.86. The topological polar surface area (TPSA) is 35.2 Å². The summed E-state index contributed by atoms with van der Waals surface area (Å²) in [4.78, 5) is 0. The van der Waals surface area contributed by atoms with Crippen molar-refractivity contribution in [1.82, 2.24) is 0 Å². The standard InChI is InChI=1S/C14H13F2NO/c1-9(17)10-5-6-14(13(16)7-10)18-12-4-2-3-11(15)8-12/h2-9H,17H2,1H3/t9-/m0/s1. The third-order valence-corrected chi connectivity index (χ3v) is 2.51. The third kappa shape index (κ3) is 2.84. The molecule has 94 valence electrons. The Bertz CT molecular complexity index is 555. The molecule has 2 N–H and O–H groups in total. The molecule has 4 heteroatoms. The highest BCUT2D eigenvalue weighted by Gasteiger charge is 2.08. The van der Waals surface area contributed by atoms with E-state index in [4.69, 9.17) is 10.5 Å². The maximum atomic E-state index is 13.7. The maximum Gasteiger partial charge on any atom is 0.166 e. The summed E-state index contributed by atoms with van der Waals surface area (Å²) in [6, 6.07) is 9.78. The molecule has 2 aromatic rings. The summed E-state index contributed by atoms with van der Waals surface area (Å²) in [6.07, 6.45) is 0. The maximum absolute atomic E-state index is 13.7. The number of ether oxygens (including phenoxy) is 1. The summed E-state index contributed by atoms with van der Waals surface area (Å²) in [6.45, 7) is 1.77. The quantitative estimate of drug-likeness (QED) is 0.898. The first-order valence-corrected chi connectivity index (χ1v) is 5.54. The first-order chi connectivity index (χ1) is 8.56. The van der Waals surface area contributed by atoms with Crippen LogP contribution in [0.5, 0.6) is 11.5 Å². The molecule has 2 nitrogen and oxygen atoms in total. The lowest BCUT2D eigenvalue weighted by molar-refractivity contribution is 0.438. The van der Waals surface area contributed by atoms with Crippen LogP contribution in [0.2, 0.25) is 0 Å². The molecule has 0 unspecified atom stereocenters. The van der Waals surface area contributed by atoms with Gasteiger partial charge in [0.1, 0.15) is 11.6 Å². The largest absolute Gasteiger partial charge is 0.454 e. The van der Waals surface area contributed by atoms with Gasteiger partial charge in [0.15, 0.2) is 11.6 Å². The van der Waals surface area contributed by atoms with E-state index in [1.807, 2.05) is 0 Å². The second kappa shape index (κ2) is 5.14. The van der Waals surface area contributed by atoms with Gasteiger partial charge in [0.05, 0.1) is 0 Å². The molecule has 2 aromatic carbocycles. The van der Waals surface area contributed by atoms with Gasteiger partial charge in [0.2, 0.25) is 0 Å². The number of halogens is 2. The second-order valence-electron chi connectivity index (χ2n) is 4.04. The van der Waals surface area contributed by atoms with Crippen LogP contribution < -0.4 is 10.5 Å². The van der Waals surface area contributed by atoms with E-state index in [1.165, 1.54) is 30.3 Å². The van der Waals surface area contributed by atoms with Crippen molar-refractivity contribution in [2.24, 2.45) is 5.73 Å². The van der Waals surface area contributed by atoms with Crippen LogP contribution >= 0.6 is 0 Å². The first kappa shape index (κ1) is 12.5. The van der Waals surface area contributed by atoms with E-state index in [2.05, 4.69) is 0 Å². The van der Waals surface area contributed by atoms with Crippen molar-refractivity contribution in [3.05, 3.63) is 59.7 Å². The van der Waals surface area contributed by atoms with Gasteiger partial charge in [-0.25, -0.2) is 8.78 Å². The molecule has 1 atom stereocenters. The fourth-order valence-corrected chi connectivity index (χ4v) is 1.54. The van der Waals surface area contributed by atoms with Gasteiger partial charge in [0.25, 0.3) is 0 Å². The van der Waals surface area contributed by atoms with Crippen LogP contribution in [0.4, 0.5) is 8.78 Å². The van der Waals surface area contributed by atoms with Gasteiger partial charge in [-0.1, -0.05) is 12.1 Å². The summed E-state index contributed by atoms with van der Waals surface area (Å²) >= 11 is 0. The molecule has 0 bridgehead atoms. The third-order valence-electron chi connectivity index (χ3n) is 2.51. The molecule has 0 radical (unpaired) electrons. The lowest BCUT2D eigenvalue weighted by Crippen LogP contribution is -2.05. The summed E-state index contributed by atoms with van der Waals surface area (Å²) < 4.78 is 31.9. The predicted molar refractivity (Wildman–Crippen MR) is 65.5 cm³/mol. The average Bonchev–Trinajstić information content (AvgIpc) is 2.31.